The van der Waals surface area contributed by atoms with E-state index in [0.29, 0.717) is 0 Å². The fraction of sp³-hybridized carbons (Fsp3) is 0.333. The first-order valence-electron chi connectivity index (χ1n) is 2.55. The van der Waals surface area contributed by atoms with Crippen LogP contribution in [0.1, 0.15) is 0 Å². The average molecular weight is 141 g/mol. The zero-order valence-corrected chi connectivity index (χ0v) is 5.50. The molecular weight excluding hydrogens is 134 g/mol. The standard InChI is InChI=1S/C6H7NO3/c1-10-3-2-5(4-7)6(8)9/h2H,3H2,1H3,(H,8,9). The first kappa shape index (κ1) is 8.66. The number of methoxy groups -OCH3 is 1. The van der Waals surface area contributed by atoms with Gasteiger partial charge in [0.05, 0.1) is 6.61 Å². The van der Waals surface area contributed by atoms with Gasteiger partial charge in [-0.05, 0) is 6.08 Å². The minimum absolute atomic E-state index is 0.148. The lowest BCUT2D eigenvalue weighted by Crippen LogP contribution is -1.99. The van der Waals surface area contributed by atoms with E-state index >= 15 is 0 Å². The van der Waals surface area contributed by atoms with Crippen molar-refractivity contribution >= 4 is 5.97 Å². The van der Waals surface area contributed by atoms with Crippen LogP contribution in [0.3, 0.4) is 0 Å². The Morgan fingerprint density at radius 1 is 1.90 bits per heavy atom. The van der Waals surface area contributed by atoms with Gasteiger partial charge in [-0.25, -0.2) is 4.79 Å². The van der Waals surface area contributed by atoms with Crippen molar-refractivity contribution in [2.45, 2.75) is 0 Å². The molecule has 0 aromatic carbocycles. The number of aliphatic carboxylic acids is 1. The third-order valence-corrected chi connectivity index (χ3v) is 0.805. The molecule has 0 fully saturated rings. The highest BCUT2D eigenvalue weighted by Gasteiger charge is 2.02. The molecule has 1 N–H and O–H groups in total. The maximum atomic E-state index is 10.1. The first-order valence-corrected chi connectivity index (χ1v) is 2.55. The van der Waals surface area contributed by atoms with Gasteiger partial charge in [-0.15, -0.1) is 0 Å². The topological polar surface area (TPSA) is 70.3 Å². The van der Waals surface area contributed by atoms with Gasteiger partial charge in [-0.1, -0.05) is 0 Å². The molecule has 0 bridgehead atoms. The summed E-state index contributed by atoms with van der Waals surface area (Å²) in [5, 5.41) is 16.4. The summed E-state index contributed by atoms with van der Waals surface area (Å²) in [5.41, 5.74) is -0.290. The number of hydrogen-bond acceptors (Lipinski definition) is 3. The summed E-state index contributed by atoms with van der Waals surface area (Å²) in [7, 11) is 1.42. The molecular formula is C6H7NO3. The van der Waals surface area contributed by atoms with E-state index in [1.165, 1.54) is 19.3 Å². The molecule has 0 saturated carbocycles. The Morgan fingerprint density at radius 3 is 2.80 bits per heavy atom. The molecule has 0 aliphatic rings. The van der Waals surface area contributed by atoms with Crippen molar-refractivity contribution in [2.24, 2.45) is 0 Å². The monoisotopic (exact) mass is 141 g/mol. The van der Waals surface area contributed by atoms with E-state index in [-0.39, 0.29) is 12.2 Å². The fourth-order valence-corrected chi connectivity index (χ4v) is 0.347. The van der Waals surface area contributed by atoms with Crippen LogP contribution in [-0.2, 0) is 9.53 Å². The maximum absolute atomic E-state index is 10.1. The van der Waals surface area contributed by atoms with Crippen LogP contribution in [-0.4, -0.2) is 24.8 Å². The lowest BCUT2D eigenvalue weighted by molar-refractivity contribution is -0.132. The molecule has 4 heteroatoms. The van der Waals surface area contributed by atoms with Crippen molar-refractivity contribution in [3.05, 3.63) is 11.6 Å². The first-order chi connectivity index (χ1) is 4.72. The van der Waals surface area contributed by atoms with Gasteiger partial charge in [0, 0.05) is 7.11 Å². The molecule has 0 saturated heterocycles. The second kappa shape index (κ2) is 4.53. The summed E-state index contributed by atoms with van der Waals surface area (Å²) < 4.78 is 4.53. The quantitative estimate of drug-likeness (QED) is 0.449. The number of nitriles is 1. The minimum Gasteiger partial charge on any atom is -0.477 e. The molecule has 0 atom stereocenters. The molecule has 0 rings (SSSR count). The second-order valence-corrected chi connectivity index (χ2v) is 1.49. The van der Waals surface area contributed by atoms with Crippen LogP contribution in [0.4, 0.5) is 0 Å². The third-order valence-electron chi connectivity index (χ3n) is 0.805. The number of carboxylic acid groups (broad SMARTS) is 1. The predicted molar refractivity (Wildman–Crippen MR) is 33.2 cm³/mol. The van der Waals surface area contributed by atoms with Gasteiger partial charge in [0.1, 0.15) is 11.6 Å². The van der Waals surface area contributed by atoms with Gasteiger partial charge in [-0.3, -0.25) is 0 Å². The molecule has 0 amide bonds. The lowest BCUT2D eigenvalue weighted by Gasteiger charge is -1.88. The van der Waals surface area contributed by atoms with Crippen molar-refractivity contribution in [1.82, 2.24) is 0 Å². The maximum Gasteiger partial charge on any atom is 0.346 e. The SMILES string of the molecule is COCC=C(C#N)C(=O)O. The Balaban J connectivity index is 4.09. The van der Waals surface area contributed by atoms with Crippen molar-refractivity contribution in [3.63, 3.8) is 0 Å². The van der Waals surface area contributed by atoms with Crippen LogP contribution in [0.15, 0.2) is 11.6 Å². The van der Waals surface area contributed by atoms with E-state index in [0.717, 1.165) is 0 Å². The second-order valence-electron chi connectivity index (χ2n) is 1.49. The normalized spacial score (nSPS) is 10.6. The Kier molecular flexibility index (Phi) is 3.92. The Bertz CT molecular complexity index is 190. The van der Waals surface area contributed by atoms with E-state index in [1.807, 2.05) is 0 Å². The van der Waals surface area contributed by atoms with Crippen LogP contribution < -0.4 is 0 Å². The van der Waals surface area contributed by atoms with Crippen molar-refractivity contribution in [3.8, 4) is 6.07 Å². The van der Waals surface area contributed by atoms with Crippen molar-refractivity contribution < 1.29 is 14.6 Å². The summed E-state index contributed by atoms with van der Waals surface area (Å²) >= 11 is 0. The summed E-state index contributed by atoms with van der Waals surface area (Å²) in [4.78, 5) is 10.1. The highest BCUT2D eigenvalue weighted by molar-refractivity contribution is 5.90. The number of ether oxygens (including phenoxy) is 1. The highest BCUT2D eigenvalue weighted by Crippen LogP contribution is 1.90. The van der Waals surface area contributed by atoms with Crippen molar-refractivity contribution in [2.75, 3.05) is 13.7 Å². The Labute approximate surface area is 58.3 Å². The largest absolute Gasteiger partial charge is 0.477 e. The van der Waals surface area contributed by atoms with Gasteiger partial charge >= 0.3 is 5.97 Å². The predicted octanol–water partition coefficient (Wildman–Crippen LogP) is 0.167. The number of carbonyl (C=O) groups is 1. The van der Waals surface area contributed by atoms with Crippen LogP contribution >= 0.6 is 0 Å². The summed E-state index contributed by atoms with van der Waals surface area (Å²) in [6.45, 7) is 0.148. The fourth-order valence-electron chi connectivity index (χ4n) is 0.347. The van der Waals surface area contributed by atoms with Gasteiger partial charge in [0.25, 0.3) is 0 Å². The van der Waals surface area contributed by atoms with E-state index in [4.69, 9.17) is 10.4 Å². The number of hydrogen-bond donors (Lipinski definition) is 1. The average Bonchev–Trinajstić information content (AvgIpc) is 1.89. The van der Waals surface area contributed by atoms with Crippen LogP contribution in [0, 0.1) is 11.3 Å². The molecule has 10 heavy (non-hydrogen) atoms. The van der Waals surface area contributed by atoms with E-state index in [9.17, 15) is 4.79 Å². The molecule has 0 aliphatic carbocycles. The third kappa shape index (κ3) is 2.84. The van der Waals surface area contributed by atoms with Gasteiger partial charge < -0.3 is 9.84 Å². The van der Waals surface area contributed by atoms with Crippen LogP contribution in [0.2, 0.25) is 0 Å². The number of rotatable bonds is 3. The smallest absolute Gasteiger partial charge is 0.346 e. The molecule has 0 unspecified atom stereocenters. The van der Waals surface area contributed by atoms with Crippen molar-refractivity contribution in [1.29, 1.82) is 5.26 Å². The molecule has 0 aromatic heterocycles. The highest BCUT2D eigenvalue weighted by atomic mass is 16.5. The van der Waals surface area contributed by atoms with Crippen LogP contribution in [0.5, 0.6) is 0 Å². The lowest BCUT2D eigenvalue weighted by atomic mass is 10.3. The zero-order chi connectivity index (χ0) is 7.98. The molecule has 0 heterocycles. The summed E-state index contributed by atoms with van der Waals surface area (Å²) in [6.07, 6.45) is 1.21. The van der Waals surface area contributed by atoms with E-state index in [1.54, 1.807) is 0 Å². The molecule has 0 aliphatic heterocycles. The Hall–Kier alpha value is -1.34. The molecule has 0 spiro atoms. The van der Waals surface area contributed by atoms with Crippen LogP contribution in [0.25, 0.3) is 0 Å². The summed E-state index contributed by atoms with van der Waals surface area (Å²) in [6, 6.07) is 1.52. The molecule has 54 valence electrons. The summed E-state index contributed by atoms with van der Waals surface area (Å²) in [5.74, 6) is -1.22. The van der Waals surface area contributed by atoms with E-state index < -0.39 is 5.97 Å². The minimum atomic E-state index is -1.22. The van der Waals surface area contributed by atoms with Gasteiger partial charge in [0.2, 0.25) is 0 Å². The number of carboxylic acids is 1. The molecule has 4 nitrogen and oxygen atoms in total. The van der Waals surface area contributed by atoms with E-state index in [2.05, 4.69) is 4.74 Å². The molecule has 0 radical (unpaired) electrons. The molecule has 0 aromatic rings. The van der Waals surface area contributed by atoms with Gasteiger partial charge in [-0.2, -0.15) is 5.26 Å². The zero-order valence-electron chi connectivity index (χ0n) is 5.50. The number of nitrogens with zero attached hydrogens (tertiary/aromatic N) is 1. The Morgan fingerprint density at radius 2 is 2.50 bits per heavy atom. The van der Waals surface area contributed by atoms with Gasteiger partial charge in [0.15, 0.2) is 0 Å².